The highest BCUT2D eigenvalue weighted by molar-refractivity contribution is 7.89. The van der Waals surface area contributed by atoms with Gasteiger partial charge in [0.2, 0.25) is 10.0 Å². The van der Waals surface area contributed by atoms with E-state index in [4.69, 9.17) is 9.47 Å². The highest BCUT2D eigenvalue weighted by Gasteiger charge is 2.38. The van der Waals surface area contributed by atoms with Crippen molar-refractivity contribution in [3.05, 3.63) is 83.7 Å². The molecule has 1 aliphatic rings. The Bertz CT molecular complexity index is 1520. The number of fused-ring (bicyclic) bond motifs is 1. The van der Waals surface area contributed by atoms with Crippen LogP contribution in [0.15, 0.2) is 71.8 Å². The van der Waals surface area contributed by atoms with E-state index >= 15 is 0 Å². The molecule has 0 aliphatic carbocycles. The van der Waals surface area contributed by atoms with Crippen molar-refractivity contribution in [2.45, 2.75) is 30.9 Å². The molecule has 0 saturated heterocycles. The molecule has 0 radical (unpaired) electrons. The Kier molecular flexibility index (Phi) is 9.10. The van der Waals surface area contributed by atoms with Gasteiger partial charge in [0.1, 0.15) is 28.2 Å². The molecule has 40 heavy (non-hydrogen) atoms. The average Bonchev–Trinajstić information content (AvgIpc) is 2.97. The summed E-state index contributed by atoms with van der Waals surface area (Å²) in [6.07, 6.45) is 1.00. The van der Waals surface area contributed by atoms with Crippen LogP contribution in [0.25, 0.3) is 0 Å². The molecule has 1 amide bonds. The van der Waals surface area contributed by atoms with E-state index in [1.807, 2.05) is 31.2 Å². The zero-order valence-electron chi connectivity index (χ0n) is 22.9. The third-order valence-corrected chi connectivity index (χ3v) is 8.79. The van der Waals surface area contributed by atoms with Crippen LogP contribution < -0.4 is 9.47 Å². The molecule has 3 atom stereocenters. The van der Waals surface area contributed by atoms with Crippen LogP contribution in [0.1, 0.15) is 35.5 Å². The molecule has 2 heterocycles. The Morgan fingerprint density at radius 1 is 1.18 bits per heavy atom. The minimum atomic E-state index is -4.00. The number of aliphatic hydroxyl groups is 1. The van der Waals surface area contributed by atoms with E-state index in [1.165, 1.54) is 15.3 Å². The number of hydrogen-bond acceptors (Lipinski definition) is 7. The molecule has 1 N–H and O–H groups in total. The Balaban J connectivity index is 1.72. The summed E-state index contributed by atoms with van der Waals surface area (Å²) < 4.78 is 40.4. The molecule has 0 saturated carbocycles. The maximum absolute atomic E-state index is 13.7. The summed E-state index contributed by atoms with van der Waals surface area (Å²) in [6, 6.07) is 16.5. The van der Waals surface area contributed by atoms with Gasteiger partial charge in [-0.15, -0.1) is 0 Å². The Morgan fingerprint density at radius 2 is 1.93 bits per heavy atom. The van der Waals surface area contributed by atoms with Crippen molar-refractivity contribution in [2.24, 2.45) is 5.92 Å². The van der Waals surface area contributed by atoms with Crippen molar-refractivity contribution in [3.8, 4) is 23.3 Å². The summed E-state index contributed by atoms with van der Waals surface area (Å²) in [7, 11) is -0.755. The van der Waals surface area contributed by atoms with Crippen LogP contribution in [0.5, 0.6) is 11.5 Å². The number of aliphatic hydroxyl groups excluding tert-OH is 1. The molecule has 210 valence electrons. The van der Waals surface area contributed by atoms with E-state index in [0.717, 1.165) is 5.56 Å². The summed E-state index contributed by atoms with van der Waals surface area (Å²) in [4.78, 5) is 18.7. The number of sulfonamides is 1. The zero-order chi connectivity index (χ0) is 28.9. The standard InChI is InChI=1S/C30H33N3O6S/c1-21-18-33(22(2)20-34)40(36,37)29-14-13-24(12-11-23-8-7-9-25(16-23)38-4)17-27(29)39-28(21)19-32(3)30(35)26-10-5-6-15-31-26/h5-10,13-17,21-22,28,34H,18-20H2,1-4H3/t21-,22-,28-/m0/s1. The number of rotatable bonds is 6. The number of amides is 1. The van der Waals surface area contributed by atoms with Gasteiger partial charge in [-0.05, 0) is 55.5 Å². The quantitative estimate of drug-likeness (QED) is 0.459. The lowest BCUT2D eigenvalue weighted by Crippen LogP contribution is -2.50. The molecular weight excluding hydrogens is 530 g/mol. The van der Waals surface area contributed by atoms with Crippen LogP contribution in [0.2, 0.25) is 0 Å². The van der Waals surface area contributed by atoms with E-state index in [-0.39, 0.29) is 42.2 Å². The fraction of sp³-hybridized carbons (Fsp3) is 0.333. The third-order valence-electron chi connectivity index (χ3n) is 6.77. The molecule has 1 aromatic heterocycles. The second kappa shape index (κ2) is 12.5. The normalized spacial score (nSPS) is 19.0. The number of ether oxygens (including phenoxy) is 2. The maximum Gasteiger partial charge on any atom is 0.272 e. The lowest BCUT2D eigenvalue weighted by Gasteiger charge is -2.37. The lowest BCUT2D eigenvalue weighted by atomic mass is 10.0. The summed E-state index contributed by atoms with van der Waals surface area (Å²) >= 11 is 0. The SMILES string of the molecule is COc1cccc(C#Cc2ccc3c(c2)O[C@@H](CN(C)C(=O)c2ccccn2)[C@@H](C)CN([C@@H](C)CO)S3(=O)=O)c1. The number of likely N-dealkylation sites (N-methyl/N-ethyl adjacent to an activating group) is 1. The summed E-state index contributed by atoms with van der Waals surface area (Å²) in [6.45, 7) is 3.49. The molecule has 10 heteroatoms. The van der Waals surface area contributed by atoms with Crippen LogP contribution in [-0.4, -0.2) is 79.6 Å². The van der Waals surface area contributed by atoms with Crippen molar-refractivity contribution in [1.82, 2.24) is 14.2 Å². The van der Waals surface area contributed by atoms with Crippen molar-refractivity contribution in [1.29, 1.82) is 0 Å². The van der Waals surface area contributed by atoms with Crippen molar-refractivity contribution >= 4 is 15.9 Å². The summed E-state index contributed by atoms with van der Waals surface area (Å²) in [5.41, 5.74) is 1.60. The largest absolute Gasteiger partial charge is 0.497 e. The topological polar surface area (TPSA) is 109 Å². The molecule has 0 unspecified atom stereocenters. The van der Waals surface area contributed by atoms with Crippen molar-refractivity contribution in [3.63, 3.8) is 0 Å². The van der Waals surface area contributed by atoms with Crippen molar-refractivity contribution in [2.75, 3.05) is 33.9 Å². The first-order valence-electron chi connectivity index (χ1n) is 12.9. The van der Waals surface area contributed by atoms with E-state index < -0.39 is 22.2 Å². The van der Waals surface area contributed by atoms with Gasteiger partial charge < -0.3 is 19.5 Å². The number of hydrogen-bond donors (Lipinski definition) is 1. The van der Waals surface area contributed by atoms with Crippen molar-refractivity contribution < 1.29 is 27.8 Å². The van der Waals surface area contributed by atoms with Crippen LogP contribution >= 0.6 is 0 Å². The van der Waals surface area contributed by atoms with Gasteiger partial charge in [0.05, 0.1) is 20.3 Å². The van der Waals surface area contributed by atoms with Gasteiger partial charge in [0.15, 0.2) is 0 Å². The van der Waals surface area contributed by atoms with Crippen LogP contribution in [0.4, 0.5) is 0 Å². The zero-order valence-corrected chi connectivity index (χ0v) is 23.8. The summed E-state index contributed by atoms with van der Waals surface area (Å²) in [5.74, 6) is 6.38. The van der Waals surface area contributed by atoms with Crippen LogP contribution in [-0.2, 0) is 10.0 Å². The second-order valence-electron chi connectivity index (χ2n) is 9.78. The van der Waals surface area contributed by atoms with Gasteiger partial charge in [-0.2, -0.15) is 4.31 Å². The first kappa shape index (κ1) is 29.1. The van der Waals surface area contributed by atoms with Gasteiger partial charge in [-0.1, -0.05) is 30.9 Å². The van der Waals surface area contributed by atoms with Gasteiger partial charge >= 0.3 is 0 Å². The molecular formula is C30H33N3O6S. The number of pyridine rings is 1. The molecule has 0 fully saturated rings. The highest BCUT2D eigenvalue weighted by Crippen LogP contribution is 2.34. The Labute approximate surface area is 235 Å². The number of carbonyl (C=O) groups excluding carboxylic acids is 1. The molecule has 3 aromatic rings. The van der Waals surface area contributed by atoms with E-state index in [0.29, 0.717) is 17.0 Å². The van der Waals surface area contributed by atoms with Crippen LogP contribution in [0, 0.1) is 17.8 Å². The molecule has 2 aromatic carbocycles. The first-order chi connectivity index (χ1) is 19.1. The van der Waals surface area contributed by atoms with Gasteiger partial charge in [0.25, 0.3) is 5.91 Å². The lowest BCUT2D eigenvalue weighted by molar-refractivity contribution is 0.0559. The third kappa shape index (κ3) is 6.45. The van der Waals surface area contributed by atoms with Crippen LogP contribution in [0.3, 0.4) is 0 Å². The summed E-state index contributed by atoms with van der Waals surface area (Å²) in [5, 5.41) is 9.86. The second-order valence-corrected chi connectivity index (χ2v) is 11.6. The first-order valence-corrected chi connectivity index (χ1v) is 14.3. The minimum absolute atomic E-state index is 0.0182. The maximum atomic E-state index is 13.7. The molecule has 0 bridgehead atoms. The molecule has 9 nitrogen and oxygen atoms in total. The van der Waals surface area contributed by atoms with Gasteiger partial charge in [0, 0.05) is 42.9 Å². The fourth-order valence-corrected chi connectivity index (χ4v) is 6.23. The number of nitrogens with zero attached hydrogens (tertiary/aromatic N) is 3. The van der Waals surface area contributed by atoms with E-state index in [1.54, 1.807) is 57.6 Å². The number of aromatic nitrogens is 1. The Hall–Kier alpha value is -3.91. The van der Waals surface area contributed by atoms with E-state index in [9.17, 15) is 18.3 Å². The monoisotopic (exact) mass is 563 g/mol. The minimum Gasteiger partial charge on any atom is -0.497 e. The number of carbonyl (C=O) groups is 1. The highest BCUT2D eigenvalue weighted by atomic mass is 32.2. The predicted molar refractivity (Wildman–Crippen MR) is 151 cm³/mol. The molecule has 1 aliphatic heterocycles. The Morgan fingerprint density at radius 3 is 2.60 bits per heavy atom. The predicted octanol–water partition coefficient (Wildman–Crippen LogP) is 3.03. The molecule has 0 spiro atoms. The average molecular weight is 564 g/mol. The fourth-order valence-electron chi connectivity index (χ4n) is 4.40. The molecule has 4 rings (SSSR count). The number of methoxy groups -OCH3 is 1. The number of benzene rings is 2. The van der Waals surface area contributed by atoms with E-state index in [2.05, 4.69) is 16.8 Å². The van der Waals surface area contributed by atoms with Gasteiger partial charge in [-0.25, -0.2) is 8.42 Å². The van der Waals surface area contributed by atoms with Gasteiger partial charge in [-0.3, -0.25) is 9.78 Å². The smallest absolute Gasteiger partial charge is 0.272 e.